The molecule has 0 saturated heterocycles. The van der Waals surface area contributed by atoms with E-state index >= 15 is 0 Å². The summed E-state index contributed by atoms with van der Waals surface area (Å²) < 4.78 is 30.0. The Labute approximate surface area is 125 Å². The number of rotatable bonds is 4. The number of hydrogen-bond donors (Lipinski definition) is 1. The first-order valence-corrected chi connectivity index (χ1v) is 8.58. The fraction of sp³-hybridized carbons (Fsp3) is 0.643. The zero-order valence-corrected chi connectivity index (χ0v) is 13.4. The lowest BCUT2D eigenvalue weighted by Gasteiger charge is -2.26. The second kappa shape index (κ2) is 6.19. The molecule has 1 saturated carbocycles. The lowest BCUT2D eigenvalue weighted by molar-refractivity contribution is 0.0889. The number of nitrogens with zero attached hydrogens (tertiary/aromatic N) is 1. The normalized spacial score (nSPS) is 23.2. The number of nitrogens with one attached hydrogen (secondary N) is 1. The molecule has 1 aromatic heterocycles. The molecular weight excluding hydrogens is 292 g/mol. The predicted octanol–water partition coefficient (Wildman–Crippen LogP) is 1.84. The van der Waals surface area contributed by atoms with Crippen LogP contribution in [0.25, 0.3) is 0 Å². The van der Waals surface area contributed by atoms with Crippen molar-refractivity contribution in [2.45, 2.75) is 43.7 Å². The zero-order chi connectivity index (χ0) is 15.6. The van der Waals surface area contributed by atoms with Gasteiger partial charge in [-0.15, -0.1) is 0 Å². The van der Waals surface area contributed by atoms with Crippen LogP contribution in [0.3, 0.4) is 0 Å². The highest BCUT2D eigenvalue weighted by molar-refractivity contribution is 7.88. The van der Waals surface area contributed by atoms with Crippen molar-refractivity contribution in [3.8, 4) is 0 Å². The standard InChI is InChI=1S/C14H22N2O4S/c1-10-4-6-11(7-5-10)15-14(17)12-8-9-13(20-12)21(18,19)16(2)3/h8-11H,4-7H2,1-3H3,(H,15,17). The Morgan fingerprint density at radius 2 is 1.86 bits per heavy atom. The first-order chi connectivity index (χ1) is 9.80. The number of furan rings is 1. The molecule has 1 aliphatic carbocycles. The Kier molecular flexibility index (Phi) is 4.73. The topological polar surface area (TPSA) is 79.6 Å². The first kappa shape index (κ1) is 16.0. The highest BCUT2D eigenvalue weighted by Crippen LogP contribution is 2.24. The molecule has 1 aliphatic rings. The molecule has 0 bridgehead atoms. The van der Waals surface area contributed by atoms with Crippen LogP contribution in [0.1, 0.15) is 43.2 Å². The van der Waals surface area contributed by atoms with E-state index in [1.165, 1.54) is 26.2 Å². The van der Waals surface area contributed by atoms with Crippen LogP contribution in [0, 0.1) is 5.92 Å². The molecule has 7 heteroatoms. The largest absolute Gasteiger partial charge is 0.438 e. The van der Waals surface area contributed by atoms with E-state index in [4.69, 9.17) is 4.42 Å². The van der Waals surface area contributed by atoms with E-state index in [-0.39, 0.29) is 22.8 Å². The highest BCUT2D eigenvalue weighted by Gasteiger charge is 2.25. The molecule has 6 nitrogen and oxygen atoms in total. The van der Waals surface area contributed by atoms with Crippen molar-refractivity contribution in [1.82, 2.24) is 9.62 Å². The van der Waals surface area contributed by atoms with Crippen molar-refractivity contribution >= 4 is 15.9 Å². The lowest BCUT2D eigenvalue weighted by atomic mass is 9.87. The summed E-state index contributed by atoms with van der Waals surface area (Å²) in [6.45, 7) is 2.21. The smallest absolute Gasteiger partial charge is 0.287 e. The molecule has 1 fully saturated rings. The van der Waals surface area contributed by atoms with Crippen molar-refractivity contribution in [3.05, 3.63) is 17.9 Å². The van der Waals surface area contributed by atoms with Crippen LogP contribution in [-0.2, 0) is 10.0 Å². The Balaban J connectivity index is 2.03. The van der Waals surface area contributed by atoms with Crippen molar-refractivity contribution in [2.75, 3.05) is 14.1 Å². The molecule has 1 heterocycles. The van der Waals surface area contributed by atoms with Crippen LogP contribution in [0.15, 0.2) is 21.6 Å². The van der Waals surface area contributed by atoms with Gasteiger partial charge in [-0.1, -0.05) is 6.92 Å². The molecule has 1 N–H and O–H groups in total. The van der Waals surface area contributed by atoms with Crippen molar-refractivity contribution < 1.29 is 17.6 Å². The fourth-order valence-electron chi connectivity index (χ4n) is 2.42. The summed E-state index contributed by atoms with van der Waals surface area (Å²) in [5.74, 6) is 0.391. The van der Waals surface area contributed by atoms with E-state index in [9.17, 15) is 13.2 Å². The van der Waals surface area contributed by atoms with Crippen LogP contribution in [0.2, 0.25) is 0 Å². The maximum Gasteiger partial charge on any atom is 0.287 e. The van der Waals surface area contributed by atoms with Gasteiger partial charge in [0.1, 0.15) is 0 Å². The van der Waals surface area contributed by atoms with E-state index in [0.29, 0.717) is 5.92 Å². The summed E-state index contributed by atoms with van der Waals surface area (Å²) in [7, 11) is -0.808. The van der Waals surface area contributed by atoms with Crippen molar-refractivity contribution in [2.24, 2.45) is 5.92 Å². The number of amides is 1. The van der Waals surface area contributed by atoms with Gasteiger partial charge in [0, 0.05) is 20.1 Å². The van der Waals surface area contributed by atoms with Crippen LogP contribution in [0.5, 0.6) is 0 Å². The van der Waals surface area contributed by atoms with Gasteiger partial charge >= 0.3 is 0 Å². The van der Waals surface area contributed by atoms with Gasteiger partial charge in [0.25, 0.3) is 15.9 Å². The molecule has 21 heavy (non-hydrogen) atoms. The number of carbonyl (C=O) groups excluding carboxylic acids is 1. The second-order valence-electron chi connectivity index (χ2n) is 5.84. The van der Waals surface area contributed by atoms with Crippen molar-refractivity contribution in [3.63, 3.8) is 0 Å². The van der Waals surface area contributed by atoms with Gasteiger partial charge in [0.15, 0.2) is 5.76 Å². The van der Waals surface area contributed by atoms with Crippen LogP contribution < -0.4 is 5.32 Å². The van der Waals surface area contributed by atoms with Gasteiger partial charge in [-0.3, -0.25) is 4.79 Å². The van der Waals surface area contributed by atoms with E-state index < -0.39 is 10.0 Å². The third-order valence-electron chi connectivity index (χ3n) is 3.89. The minimum absolute atomic E-state index is 0.0362. The van der Waals surface area contributed by atoms with Gasteiger partial charge in [0.2, 0.25) is 5.09 Å². The maximum atomic E-state index is 12.1. The quantitative estimate of drug-likeness (QED) is 0.919. The molecule has 0 atom stereocenters. The van der Waals surface area contributed by atoms with E-state index in [2.05, 4.69) is 12.2 Å². The number of carbonyl (C=O) groups is 1. The van der Waals surface area contributed by atoms with Gasteiger partial charge in [-0.25, -0.2) is 12.7 Å². The molecule has 0 radical (unpaired) electrons. The van der Waals surface area contributed by atoms with Gasteiger partial charge in [0.05, 0.1) is 0 Å². The summed E-state index contributed by atoms with van der Waals surface area (Å²) in [5, 5.41) is 2.70. The molecule has 0 unspecified atom stereocenters. The fourth-order valence-corrected chi connectivity index (χ4v) is 3.22. The average Bonchev–Trinajstić information content (AvgIpc) is 2.91. The third kappa shape index (κ3) is 3.65. The van der Waals surface area contributed by atoms with Crippen molar-refractivity contribution in [1.29, 1.82) is 0 Å². The van der Waals surface area contributed by atoms with Gasteiger partial charge in [-0.2, -0.15) is 0 Å². The van der Waals surface area contributed by atoms with Gasteiger partial charge in [-0.05, 0) is 43.7 Å². The van der Waals surface area contributed by atoms with E-state index in [0.717, 1.165) is 30.0 Å². The maximum absolute atomic E-state index is 12.1. The summed E-state index contributed by atoms with van der Waals surface area (Å²) in [4.78, 5) is 12.1. The molecule has 0 aromatic carbocycles. The Bertz CT molecular complexity index is 598. The summed E-state index contributed by atoms with van der Waals surface area (Å²) in [5.41, 5.74) is 0. The van der Waals surface area contributed by atoms with E-state index in [1.807, 2.05) is 0 Å². The molecule has 0 aliphatic heterocycles. The third-order valence-corrected chi connectivity index (χ3v) is 5.58. The lowest BCUT2D eigenvalue weighted by Crippen LogP contribution is -2.37. The van der Waals surface area contributed by atoms with E-state index in [1.54, 1.807) is 0 Å². The molecule has 1 aromatic rings. The van der Waals surface area contributed by atoms with Crippen LogP contribution in [-0.4, -0.2) is 38.8 Å². The second-order valence-corrected chi connectivity index (χ2v) is 7.92. The Hall–Kier alpha value is -1.34. The minimum atomic E-state index is -3.64. The molecular formula is C14H22N2O4S. The monoisotopic (exact) mass is 314 g/mol. The number of sulfonamides is 1. The predicted molar refractivity (Wildman–Crippen MR) is 78.5 cm³/mol. The summed E-state index contributed by atoms with van der Waals surface area (Å²) >= 11 is 0. The number of hydrogen-bond acceptors (Lipinski definition) is 4. The first-order valence-electron chi connectivity index (χ1n) is 7.14. The average molecular weight is 314 g/mol. The SMILES string of the molecule is CC1CCC(NC(=O)c2ccc(S(=O)(=O)N(C)C)o2)CC1. The summed E-state index contributed by atoms with van der Waals surface area (Å²) in [6.07, 6.45) is 4.11. The van der Waals surface area contributed by atoms with Crippen LogP contribution >= 0.6 is 0 Å². The molecule has 1 amide bonds. The van der Waals surface area contributed by atoms with Crippen LogP contribution in [0.4, 0.5) is 0 Å². The Morgan fingerprint density at radius 1 is 1.24 bits per heavy atom. The highest BCUT2D eigenvalue weighted by atomic mass is 32.2. The molecule has 0 spiro atoms. The molecule has 2 rings (SSSR count). The summed E-state index contributed by atoms with van der Waals surface area (Å²) in [6, 6.07) is 2.86. The molecule has 118 valence electrons. The van der Waals surface area contributed by atoms with Gasteiger partial charge < -0.3 is 9.73 Å². The minimum Gasteiger partial charge on any atom is -0.438 e. The Morgan fingerprint density at radius 3 is 2.43 bits per heavy atom. The zero-order valence-electron chi connectivity index (χ0n) is 12.6.